The molecule has 0 unspecified atom stereocenters. The van der Waals surface area contributed by atoms with E-state index in [0.29, 0.717) is 0 Å². The van der Waals surface area contributed by atoms with Gasteiger partial charge in [-0.05, 0) is 0 Å². The maximum absolute atomic E-state index is 8.94. The van der Waals surface area contributed by atoms with Gasteiger partial charge in [-0.3, -0.25) is 0 Å². The second-order valence-electron chi connectivity index (χ2n) is 0.513. The van der Waals surface area contributed by atoms with Gasteiger partial charge in [0.25, 0.3) is 0 Å². The molecule has 7 heavy (non-hydrogen) atoms. The zero-order valence-corrected chi connectivity index (χ0v) is 4.07. The molecule has 7 heteroatoms. The zero-order valence-electron chi connectivity index (χ0n) is 2.20. The summed E-state index contributed by atoms with van der Waals surface area (Å²) in [5.74, 6) is 0. The van der Waals surface area contributed by atoms with E-state index >= 15 is 0 Å². The summed E-state index contributed by atoms with van der Waals surface area (Å²) >= 11 is -5.12. The van der Waals surface area contributed by atoms with Crippen molar-refractivity contribution in [3.8, 4) is 0 Å². The number of hydrogen-bond acceptors (Lipinski definition) is 1. The molecule has 0 saturated carbocycles. The summed E-state index contributed by atoms with van der Waals surface area (Å²) in [4.78, 5) is 0. The number of rotatable bonds is 0. The van der Waals surface area contributed by atoms with E-state index in [9.17, 15) is 0 Å². The first-order valence-corrected chi connectivity index (χ1v) is 4.07. The van der Waals surface area contributed by atoms with Crippen LogP contribution in [0.1, 0.15) is 0 Å². The van der Waals surface area contributed by atoms with E-state index in [1.807, 2.05) is 0 Å². The van der Waals surface area contributed by atoms with E-state index in [1.165, 1.54) is 0 Å². The van der Waals surface area contributed by atoms with Gasteiger partial charge in [-0.2, -0.15) is 0 Å². The fourth-order valence-corrected chi connectivity index (χ4v) is 0. The van der Waals surface area contributed by atoms with Crippen molar-refractivity contribution in [1.29, 1.82) is 0 Å². The Morgan fingerprint density at radius 1 is 1.00 bits per heavy atom. The summed E-state index contributed by atoms with van der Waals surface area (Å²) in [6.07, 6.45) is 0. The van der Waals surface area contributed by atoms with Gasteiger partial charge in [0.05, 0.1) is 0 Å². The van der Waals surface area contributed by atoms with Crippen molar-refractivity contribution in [2.75, 3.05) is 0 Å². The molecule has 0 aromatic rings. The van der Waals surface area contributed by atoms with Crippen LogP contribution in [0.15, 0.2) is 0 Å². The van der Waals surface area contributed by atoms with Crippen molar-refractivity contribution in [1.82, 2.24) is 0 Å². The standard InChI is InChI=1S/AsH3O4.2Li.2H/c2-1(3,4)5;;;;/h(H3,2,3,4,5);;;;. The van der Waals surface area contributed by atoms with Gasteiger partial charge in [-0.1, -0.05) is 0 Å². The van der Waals surface area contributed by atoms with Crippen LogP contribution in [0.3, 0.4) is 0 Å². The van der Waals surface area contributed by atoms with E-state index in [1.54, 1.807) is 0 Å². The van der Waals surface area contributed by atoms with Gasteiger partial charge in [0.15, 0.2) is 0 Å². The average molecular weight is 158 g/mol. The van der Waals surface area contributed by atoms with Crippen LogP contribution < -0.4 is 0 Å². The molecule has 0 saturated heterocycles. The van der Waals surface area contributed by atoms with Gasteiger partial charge in [0.2, 0.25) is 0 Å². The van der Waals surface area contributed by atoms with Crippen molar-refractivity contribution in [2.45, 2.75) is 0 Å². The third-order valence-electron chi connectivity index (χ3n) is 0. The van der Waals surface area contributed by atoms with Crippen LogP contribution in [0.25, 0.3) is 0 Å². The van der Waals surface area contributed by atoms with Gasteiger partial charge < -0.3 is 0 Å². The summed E-state index contributed by atoms with van der Waals surface area (Å²) in [6, 6.07) is 0. The Morgan fingerprint density at radius 3 is 1.00 bits per heavy atom. The van der Waals surface area contributed by atoms with Crippen molar-refractivity contribution < 1.29 is 16.0 Å². The van der Waals surface area contributed by atoms with Gasteiger partial charge in [-0.15, -0.1) is 0 Å². The summed E-state index contributed by atoms with van der Waals surface area (Å²) in [5.41, 5.74) is 0. The SMILES string of the molecule is O=[As](O)(O)O.[LiH].[LiH]. The fourth-order valence-electron chi connectivity index (χ4n) is 0. The molecule has 0 atom stereocenters. The Kier molecular flexibility index (Phi) is 12.6. The molecule has 36 valence electrons. The molecule has 0 fully saturated rings. The first-order valence-electron chi connectivity index (χ1n) is 0.783. The molecule has 0 aliphatic rings. The van der Waals surface area contributed by atoms with Crippen molar-refractivity contribution in [3.63, 3.8) is 0 Å². The zero-order chi connectivity index (χ0) is 4.50. The molecule has 4 nitrogen and oxygen atoms in total. The number of hydrogen-bond donors (Lipinski definition) is 3. The van der Waals surface area contributed by atoms with Crippen LogP contribution in [0.5, 0.6) is 0 Å². The second-order valence-corrected chi connectivity index (χ2v) is 2.67. The maximum atomic E-state index is 8.94. The topological polar surface area (TPSA) is 77.8 Å². The fraction of sp³-hybridized carbons (Fsp3) is 0. The monoisotopic (exact) mass is 158 g/mol. The first kappa shape index (κ1) is 15.8. The molecule has 0 bridgehead atoms. The predicted molar refractivity (Wildman–Crippen MR) is 27.4 cm³/mol. The first-order chi connectivity index (χ1) is 2.00. The summed E-state index contributed by atoms with van der Waals surface area (Å²) in [5, 5.41) is 0. The molecule has 0 radical (unpaired) electrons. The van der Waals surface area contributed by atoms with E-state index in [4.69, 9.17) is 16.0 Å². The molecule has 0 amide bonds. The van der Waals surface area contributed by atoms with E-state index in [-0.39, 0.29) is 37.7 Å². The molecule has 3 N–H and O–H groups in total. The minimum atomic E-state index is -5.12. The third kappa shape index (κ3) is 107. The van der Waals surface area contributed by atoms with Crippen molar-refractivity contribution in [3.05, 3.63) is 0 Å². The van der Waals surface area contributed by atoms with Crippen LogP contribution >= 0.6 is 0 Å². The van der Waals surface area contributed by atoms with Gasteiger partial charge in [0, 0.05) is 0 Å². The molecular formula is H5AsLi2O4. The minimum absolute atomic E-state index is 0. The van der Waals surface area contributed by atoms with Crippen LogP contribution in [0.4, 0.5) is 0 Å². The quantitative estimate of drug-likeness (QED) is 0.320. The molecule has 0 aromatic carbocycles. The molecule has 0 spiro atoms. The molecule has 0 heterocycles. The van der Waals surface area contributed by atoms with Gasteiger partial charge in [0.1, 0.15) is 0 Å². The van der Waals surface area contributed by atoms with E-state index in [2.05, 4.69) is 0 Å². The van der Waals surface area contributed by atoms with Crippen LogP contribution in [0, 0.1) is 0 Å². The van der Waals surface area contributed by atoms with Crippen LogP contribution in [-0.4, -0.2) is 64.5 Å². The van der Waals surface area contributed by atoms with Crippen molar-refractivity contribution >= 4 is 52.2 Å². The Balaban J connectivity index is -0.0000000800. The average Bonchev–Trinajstić information content (AvgIpc) is 0.722. The molecule has 0 aliphatic carbocycles. The van der Waals surface area contributed by atoms with Gasteiger partial charge in [-0.25, -0.2) is 0 Å². The summed E-state index contributed by atoms with van der Waals surface area (Å²) in [6.45, 7) is 0. The van der Waals surface area contributed by atoms with E-state index < -0.39 is 14.5 Å². The third-order valence-corrected chi connectivity index (χ3v) is 0. The Morgan fingerprint density at radius 2 is 1.00 bits per heavy atom. The Bertz CT molecular complexity index is 55.8. The second kappa shape index (κ2) is 5.57. The molecule has 0 aliphatic heterocycles. The Labute approximate surface area is 68.0 Å². The van der Waals surface area contributed by atoms with E-state index in [0.717, 1.165) is 0 Å². The van der Waals surface area contributed by atoms with Crippen LogP contribution in [-0.2, 0) is 3.74 Å². The molecule has 0 rings (SSSR count). The molecule has 0 aromatic heterocycles. The summed E-state index contributed by atoms with van der Waals surface area (Å²) in [7, 11) is 0. The Hall–Kier alpha value is 1.43. The van der Waals surface area contributed by atoms with Gasteiger partial charge >= 0.3 is 68.3 Å². The van der Waals surface area contributed by atoms with Crippen molar-refractivity contribution in [2.24, 2.45) is 0 Å². The molecular weight excluding hydrogens is 153 g/mol. The van der Waals surface area contributed by atoms with Crippen LogP contribution in [0.2, 0.25) is 0 Å². The normalized spacial score (nSPS) is 8.43. The predicted octanol–water partition coefficient (Wildman–Crippen LogP) is -3.47. The summed E-state index contributed by atoms with van der Waals surface area (Å²) < 4.78 is 30.7.